The van der Waals surface area contributed by atoms with Crippen LogP contribution in [0.4, 0.5) is 0 Å². The number of carboxylic acids is 1. The van der Waals surface area contributed by atoms with Crippen molar-refractivity contribution in [2.45, 2.75) is 32.9 Å². The zero-order valence-electron chi connectivity index (χ0n) is 16.8. The lowest BCUT2D eigenvalue weighted by Gasteiger charge is -2.29. The number of aromatic nitrogens is 3. The van der Waals surface area contributed by atoms with Crippen LogP contribution in [-0.2, 0) is 17.8 Å². The highest BCUT2D eigenvalue weighted by Crippen LogP contribution is 2.27. The molecule has 3 rings (SSSR count). The van der Waals surface area contributed by atoms with Crippen LogP contribution in [0.25, 0.3) is 0 Å². The van der Waals surface area contributed by atoms with Gasteiger partial charge in [-0.05, 0) is 48.7 Å². The van der Waals surface area contributed by atoms with Gasteiger partial charge in [0.15, 0.2) is 0 Å². The molecule has 0 saturated carbocycles. The number of carbonyl (C=O) groups is 1. The van der Waals surface area contributed by atoms with E-state index in [1.807, 2.05) is 59.5 Å². The fraction of sp³-hybridized carbons (Fsp3) is 0.304. The molecular formula is C23H26N4O2. The molecule has 0 aliphatic heterocycles. The van der Waals surface area contributed by atoms with E-state index in [-0.39, 0.29) is 12.6 Å². The summed E-state index contributed by atoms with van der Waals surface area (Å²) in [7, 11) is 0. The summed E-state index contributed by atoms with van der Waals surface area (Å²) in [4.78, 5) is 27.3. The SMILES string of the molecule is CC(C)Cc1cccc(CN(CC(=O)O)C(c2ccccn2)c2ccccn2)n1. The van der Waals surface area contributed by atoms with Crippen LogP contribution >= 0.6 is 0 Å². The summed E-state index contributed by atoms with van der Waals surface area (Å²) in [5.41, 5.74) is 3.36. The largest absolute Gasteiger partial charge is 0.480 e. The first-order valence-corrected chi connectivity index (χ1v) is 9.75. The monoisotopic (exact) mass is 390 g/mol. The number of rotatable bonds is 9. The molecular weight excluding hydrogens is 364 g/mol. The van der Waals surface area contributed by atoms with Gasteiger partial charge in [-0.15, -0.1) is 0 Å². The third-order valence-electron chi connectivity index (χ3n) is 4.49. The van der Waals surface area contributed by atoms with Crippen molar-refractivity contribution in [3.8, 4) is 0 Å². The van der Waals surface area contributed by atoms with E-state index in [9.17, 15) is 9.90 Å². The molecule has 0 radical (unpaired) electrons. The molecule has 3 heterocycles. The van der Waals surface area contributed by atoms with Gasteiger partial charge in [0.2, 0.25) is 0 Å². The maximum absolute atomic E-state index is 11.7. The van der Waals surface area contributed by atoms with Gasteiger partial charge in [0.05, 0.1) is 29.7 Å². The molecule has 0 unspecified atom stereocenters. The van der Waals surface area contributed by atoms with Crippen molar-refractivity contribution in [1.82, 2.24) is 19.9 Å². The van der Waals surface area contributed by atoms with E-state index in [1.165, 1.54) is 0 Å². The zero-order chi connectivity index (χ0) is 20.6. The summed E-state index contributed by atoms with van der Waals surface area (Å²) in [5.74, 6) is -0.400. The Kier molecular flexibility index (Phi) is 7.03. The third kappa shape index (κ3) is 5.93. The molecule has 0 aromatic carbocycles. The second-order valence-electron chi connectivity index (χ2n) is 7.43. The Labute approximate surface area is 171 Å². The van der Waals surface area contributed by atoms with E-state index in [4.69, 9.17) is 4.98 Å². The van der Waals surface area contributed by atoms with Crippen molar-refractivity contribution >= 4 is 5.97 Å². The van der Waals surface area contributed by atoms with Gasteiger partial charge < -0.3 is 5.11 Å². The van der Waals surface area contributed by atoms with Crippen LogP contribution in [0.3, 0.4) is 0 Å². The normalized spacial score (nSPS) is 11.3. The van der Waals surface area contributed by atoms with Crippen molar-refractivity contribution in [2.75, 3.05) is 6.54 Å². The number of hydrogen-bond donors (Lipinski definition) is 1. The predicted molar refractivity (Wildman–Crippen MR) is 111 cm³/mol. The van der Waals surface area contributed by atoms with Crippen LogP contribution in [0.2, 0.25) is 0 Å². The number of hydrogen-bond acceptors (Lipinski definition) is 5. The van der Waals surface area contributed by atoms with Crippen molar-refractivity contribution in [3.63, 3.8) is 0 Å². The Morgan fingerprint density at radius 1 is 0.931 bits per heavy atom. The van der Waals surface area contributed by atoms with Crippen LogP contribution in [0.15, 0.2) is 67.0 Å². The highest BCUT2D eigenvalue weighted by atomic mass is 16.4. The van der Waals surface area contributed by atoms with Crippen molar-refractivity contribution in [3.05, 3.63) is 89.8 Å². The summed E-state index contributed by atoms with van der Waals surface area (Å²) in [6.07, 6.45) is 4.31. The van der Waals surface area contributed by atoms with E-state index in [1.54, 1.807) is 12.4 Å². The maximum Gasteiger partial charge on any atom is 0.317 e. The molecule has 3 aromatic rings. The van der Waals surface area contributed by atoms with E-state index < -0.39 is 5.97 Å². The predicted octanol–water partition coefficient (Wildman–Crippen LogP) is 3.75. The second kappa shape index (κ2) is 9.89. The second-order valence-corrected chi connectivity index (χ2v) is 7.43. The van der Waals surface area contributed by atoms with Gasteiger partial charge in [-0.3, -0.25) is 24.6 Å². The minimum atomic E-state index is -0.903. The van der Waals surface area contributed by atoms with Gasteiger partial charge in [0, 0.05) is 24.6 Å². The van der Waals surface area contributed by atoms with Crippen molar-refractivity contribution in [2.24, 2.45) is 5.92 Å². The van der Waals surface area contributed by atoms with Crippen LogP contribution in [0.5, 0.6) is 0 Å². The Morgan fingerprint density at radius 3 is 2.07 bits per heavy atom. The van der Waals surface area contributed by atoms with Gasteiger partial charge in [0.25, 0.3) is 0 Å². The third-order valence-corrected chi connectivity index (χ3v) is 4.49. The van der Waals surface area contributed by atoms with E-state index in [2.05, 4.69) is 23.8 Å². The molecule has 0 atom stereocenters. The number of nitrogens with zero attached hydrogens (tertiary/aromatic N) is 4. The van der Waals surface area contributed by atoms with Gasteiger partial charge in [-0.2, -0.15) is 0 Å². The molecule has 3 aromatic heterocycles. The molecule has 1 N–H and O–H groups in total. The molecule has 0 spiro atoms. The molecule has 6 nitrogen and oxygen atoms in total. The number of aliphatic carboxylic acids is 1. The molecule has 6 heteroatoms. The molecule has 0 aliphatic rings. The van der Waals surface area contributed by atoms with Gasteiger partial charge in [-0.1, -0.05) is 32.0 Å². The molecule has 0 aliphatic carbocycles. The van der Waals surface area contributed by atoms with Crippen LogP contribution < -0.4 is 0 Å². The summed E-state index contributed by atoms with van der Waals surface area (Å²) >= 11 is 0. The van der Waals surface area contributed by atoms with E-state index in [0.717, 1.165) is 29.2 Å². The van der Waals surface area contributed by atoms with Crippen LogP contribution in [-0.4, -0.2) is 37.5 Å². The fourth-order valence-corrected chi connectivity index (χ4v) is 3.37. The summed E-state index contributed by atoms with van der Waals surface area (Å²) < 4.78 is 0. The van der Waals surface area contributed by atoms with Crippen molar-refractivity contribution in [1.29, 1.82) is 0 Å². The minimum absolute atomic E-state index is 0.145. The highest BCUT2D eigenvalue weighted by molar-refractivity contribution is 5.69. The average Bonchev–Trinajstić information content (AvgIpc) is 2.69. The Bertz CT molecular complexity index is 877. The summed E-state index contributed by atoms with van der Waals surface area (Å²) in [6.45, 7) is 4.55. The molecule has 150 valence electrons. The van der Waals surface area contributed by atoms with Crippen LogP contribution in [0.1, 0.15) is 42.7 Å². The lowest BCUT2D eigenvalue weighted by atomic mass is 10.1. The molecule has 0 bridgehead atoms. The van der Waals surface area contributed by atoms with E-state index in [0.29, 0.717) is 12.5 Å². The van der Waals surface area contributed by atoms with Crippen LogP contribution in [0, 0.1) is 5.92 Å². The summed E-state index contributed by atoms with van der Waals surface area (Å²) in [6, 6.07) is 16.8. The van der Waals surface area contributed by atoms with E-state index >= 15 is 0 Å². The summed E-state index contributed by atoms with van der Waals surface area (Å²) in [5, 5.41) is 9.58. The average molecular weight is 390 g/mol. The molecule has 0 saturated heterocycles. The molecule has 0 fully saturated rings. The molecule has 29 heavy (non-hydrogen) atoms. The van der Waals surface area contributed by atoms with Crippen molar-refractivity contribution < 1.29 is 9.90 Å². The first kappa shape index (κ1) is 20.6. The Hall–Kier alpha value is -3.12. The van der Waals surface area contributed by atoms with Gasteiger partial charge in [-0.25, -0.2) is 0 Å². The topological polar surface area (TPSA) is 79.2 Å². The number of pyridine rings is 3. The maximum atomic E-state index is 11.7. The smallest absolute Gasteiger partial charge is 0.317 e. The quantitative estimate of drug-likeness (QED) is 0.599. The first-order valence-electron chi connectivity index (χ1n) is 9.75. The minimum Gasteiger partial charge on any atom is -0.480 e. The standard InChI is InChI=1S/C23H26N4O2/c1-17(2)14-18-8-7-9-19(26-18)15-27(16-22(28)29)23(20-10-3-5-12-24-20)21-11-4-6-13-25-21/h3-13,17,23H,14-16H2,1-2H3,(H,28,29). The Balaban J connectivity index is 1.97. The lowest BCUT2D eigenvalue weighted by Crippen LogP contribution is -2.35. The molecule has 0 amide bonds. The fourth-order valence-electron chi connectivity index (χ4n) is 3.37. The zero-order valence-corrected chi connectivity index (χ0v) is 16.8. The lowest BCUT2D eigenvalue weighted by molar-refractivity contribution is -0.139. The highest BCUT2D eigenvalue weighted by Gasteiger charge is 2.27. The number of carboxylic acid groups (broad SMARTS) is 1. The van der Waals surface area contributed by atoms with Gasteiger partial charge in [0.1, 0.15) is 0 Å². The Morgan fingerprint density at radius 2 is 1.55 bits per heavy atom. The first-order chi connectivity index (χ1) is 14.0. The van der Waals surface area contributed by atoms with Gasteiger partial charge >= 0.3 is 5.97 Å².